The van der Waals surface area contributed by atoms with Crippen LogP contribution in [0.2, 0.25) is 0 Å². The smallest absolute Gasteiger partial charge is 0.358 e. The molecule has 1 aliphatic heterocycles. The average molecular weight is 431 g/mol. The summed E-state index contributed by atoms with van der Waals surface area (Å²) in [6.07, 6.45) is -4.09. The van der Waals surface area contributed by atoms with Gasteiger partial charge in [0.2, 0.25) is 5.78 Å². The van der Waals surface area contributed by atoms with E-state index in [1.165, 1.54) is 41.3 Å². The zero-order chi connectivity index (χ0) is 22.2. The number of rotatable bonds is 4. The van der Waals surface area contributed by atoms with Crippen molar-refractivity contribution in [3.63, 3.8) is 0 Å². The molecule has 0 N–H and O–H groups in total. The van der Waals surface area contributed by atoms with Gasteiger partial charge in [0.05, 0.1) is 5.56 Å². The molecule has 0 aliphatic carbocycles. The van der Waals surface area contributed by atoms with E-state index >= 15 is 8.78 Å². The predicted molar refractivity (Wildman–Crippen MR) is 107 cm³/mol. The Labute approximate surface area is 175 Å². The Morgan fingerprint density at radius 2 is 1.42 bits per heavy atom. The highest BCUT2D eigenvalue weighted by atomic mass is 19.4. The summed E-state index contributed by atoms with van der Waals surface area (Å²) < 4.78 is 70.2. The van der Waals surface area contributed by atoms with Crippen molar-refractivity contribution in [3.8, 4) is 0 Å². The summed E-state index contributed by atoms with van der Waals surface area (Å²) >= 11 is 0. The minimum atomic E-state index is -4.53. The second-order valence-corrected chi connectivity index (χ2v) is 7.41. The third-order valence-corrected chi connectivity index (χ3v) is 5.49. The molecule has 0 fully saturated rings. The molecule has 4 rings (SSSR count). The molecule has 0 aromatic heterocycles. The summed E-state index contributed by atoms with van der Waals surface area (Å²) in [7, 11) is 0. The van der Waals surface area contributed by atoms with Crippen molar-refractivity contribution < 1.29 is 26.7 Å². The van der Waals surface area contributed by atoms with Crippen molar-refractivity contribution in [2.24, 2.45) is 0 Å². The first-order chi connectivity index (χ1) is 14.7. The Morgan fingerprint density at radius 3 is 2.06 bits per heavy atom. The molecule has 0 bridgehead atoms. The number of hydrogen-bond acceptors (Lipinski definition) is 2. The van der Waals surface area contributed by atoms with Crippen LogP contribution in [0.5, 0.6) is 0 Å². The normalized spacial score (nSPS) is 16.7. The van der Waals surface area contributed by atoms with Gasteiger partial charge in [-0.2, -0.15) is 22.0 Å². The highest BCUT2D eigenvalue weighted by Gasteiger charge is 2.52. The highest BCUT2D eigenvalue weighted by Crippen LogP contribution is 2.45. The molecule has 0 saturated heterocycles. The van der Waals surface area contributed by atoms with Gasteiger partial charge in [-0.3, -0.25) is 4.79 Å². The van der Waals surface area contributed by atoms with Crippen LogP contribution in [0.4, 0.5) is 27.6 Å². The zero-order valence-corrected chi connectivity index (χ0v) is 16.2. The van der Waals surface area contributed by atoms with Crippen LogP contribution in [0, 0.1) is 0 Å². The molecule has 3 aromatic rings. The van der Waals surface area contributed by atoms with Gasteiger partial charge in [-0.1, -0.05) is 54.6 Å². The molecule has 31 heavy (non-hydrogen) atoms. The van der Waals surface area contributed by atoms with Gasteiger partial charge in [0, 0.05) is 17.8 Å². The minimum absolute atomic E-state index is 0.122. The number of anilines is 1. The number of fused-ring (bicyclic) bond motifs is 1. The zero-order valence-electron chi connectivity index (χ0n) is 16.2. The average Bonchev–Trinajstić information content (AvgIpc) is 2.77. The number of halogens is 5. The Bertz CT molecular complexity index is 1080. The molecule has 1 aliphatic rings. The monoisotopic (exact) mass is 431 g/mol. The third kappa shape index (κ3) is 3.92. The fourth-order valence-electron chi connectivity index (χ4n) is 3.98. The molecule has 0 amide bonds. The van der Waals surface area contributed by atoms with Crippen molar-refractivity contribution in [3.05, 3.63) is 101 Å². The summed E-state index contributed by atoms with van der Waals surface area (Å²) in [5.74, 6) is -5.13. The van der Waals surface area contributed by atoms with E-state index in [0.29, 0.717) is 17.5 Å². The number of carbonyl (C=O) groups is 1. The first-order valence-corrected chi connectivity index (χ1v) is 9.69. The molecule has 0 spiro atoms. The van der Waals surface area contributed by atoms with Gasteiger partial charge in [-0.05, 0) is 41.8 Å². The van der Waals surface area contributed by atoms with Gasteiger partial charge in [0.15, 0.2) is 0 Å². The minimum Gasteiger partial charge on any atom is -0.358 e. The maximum absolute atomic E-state index is 15.7. The van der Waals surface area contributed by atoms with E-state index in [1.807, 2.05) is 0 Å². The van der Waals surface area contributed by atoms with E-state index in [9.17, 15) is 18.0 Å². The van der Waals surface area contributed by atoms with E-state index in [4.69, 9.17) is 0 Å². The first kappa shape index (κ1) is 21.0. The van der Waals surface area contributed by atoms with Crippen LogP contribution in [-0.2, 0) is 12.6 Å². The number of benzene rings is 3. The Hall–Kier alpha value is -3.22. The molecule has 1 unspecified atom stereocenters. The SMILES string of the molecule is O=C(c1ccccc1)C(F)(F)C1c2ccccc2CCN1c1ccc(C(F)(F)F)cc1. The predicted octanol–water partition coefficient (Wildman–Crippen LogP) is 6.33. The van der Waals surface area contributed by atoms with Gasteiger partial charge < -0.3 is 4.90 Å². The fourth-order valence-corrected chi connectivity index (χ4v) is 3.98. The maximum atomic E-state index is 15.7. The molecule has 3 aromatic carbocycles. The van der Waals surface area contributed by atoms with E-state index in [-0.39, 0.29) is 17.8 Å². The number of hydrogen-bond donors (Lipinski definition) is 0. The number of Topliss-reactive ketones (excluding diaryl/α,β-unsaturated/α-hetero) is 1. The van der Waals surface area contributed by atoms with Crippen LogP contribution in [0.15, 0.2) is 78.9 Å². The Morgan fingerprint density at radius 1 is 0.806 bits per heavy atom. The lowest BCUT2D eigenvalue weighted by molar-refractivity contribution is -0.137. The van der Waals surface area contributed by atoms with E-state index in [1.54, 1.807) is 30.3 Å². The third-order valence-electron chi connectivity index (χ3n) is 5.49. The van der Waals surface area contributed by atoms with E-state index < -0.39 is 29.5 Å². The van der Waals surface area contributed by atoms with Gasteiger partial charge in [-0.15, -0.1) is 0 Å². The van der Waals surface area contributed by atoms with E-state index in [0.717, 1.165) is 12.1 Å². The Balaban J connectivity index is 1.79. The first-order valence-electron chi connectivity index (χ1n) is 9.69. The summed E-state index contributed by atoms with van der Waals surface area (Å²) in [5, 5.41) is 0. The molecule has 160 valence electrons. The molecule has 7 heteroatoms. The number of nitrogens with zero attached hydrogens (tertiary/aromatic N) is 1. The molecule has 1 heterocycles. The quantitative estimate of drug-likeness (QED) is 0.356. The van der Waals surface area contributed by atoms with E-state index in [2.05, 4.69) is 0 Å². The second-order valence-electron chi connectivity index (χ2n) is 7.41. The summed E-state index contributed by atoms with van der Waals surface area (Å²) in [4.78, 5) is 14.1. The lowest BCUT2D eigenvalue weighted by Gasteiger charge is -2.42. The van der Waals surface area contributed by atoms with Crippen molar-refractivity contribution in [2.75, 3.05) is 11.4 Å². The van der Waals surface area contributed by atoms with Gasteiger partial charge >= 0.3 is 12.1 Å². The molecule has 0 saturated carbocycles. The number of alkyl halides is 5. The Kier molecular flexibility index (Phi) is 5.29. The van der Waals surface area contributed by atoms with Crippen LogP contribution in [0.1, 0.15) is 33.1 Å². The van der Waals surface area contributed by atoms with Crippen molar-refractivity contribution in [2.45, 2.75) is 24.6 Å². The topological polar surface area (TPSA) is 20.3 Å². The molecule has 0 radical (unpaired) electrons. The largest absolute Gasteiger partial charge is 0.416 e. The lowest BCUT2D eigenvalue weighted by Crippen LogP contribution is -2.49. The van der Waals surface area contributed by atoms with Crippen molar-refractivity contribution in [1.29, 1.82) is 0 Å². The van der Waals surface area contributed by atoms with Crippen LogP contribution in [0.25, 0.3) is 0 Å². The van der Waals surface area contributed by atoms with Crippen LogP contribution >= 0.6 is 0 Å². The highest BCUT2D eigenvalue weighted by molar-refractivity contribution is 6.02. The molecule has 1 atom stereocenters. The number of ketones is 1. The molecular formula is C24H18F5NO. The summed E-state index contributed by atoms with van der Waals surface area (Å²) in [6, 6.07) is 16.4. The van der Waals surface area contributed by atoms with Gasteiger partial charge in [0.25, 0.3) is 0 Å². The summed E-state index contributed by atoms with van der Waals surface area (Å²) in [5.41, 5.74) is 0.201. The van der Waals surface area contributed by atoms with Gasteiger partial charge in [0.1, 0.15) is 6.04 Å². The summed E-state index contributed by atoms with van der Waals surface area (Å²) in [6.45, 7) is 0.144. The molecule has 2 nitrogen and oxygen atoms in total. The van der Waals surface area contributed by atoms with Crippen LogP contribution in [0.3, 0.4) is 0 Å². The fraction of sp³-hybridized carbons (Fsp3) is 0.208. The van der Waals surface area contributed by atoms with Crippen LogP contribution < -0.4 is 4.90 Å². The van der Waals surface area contributed by atoms with Crippen LogP contribution in [-0.4, -0.2) is 18.3 Å². The van der Waals surface area contributed by atoms with Gasteiger partial charge in [-0.25, -0.2) is 0 Å². The van der Waals surface area contributed by atoms with Crippen molar-refractivity contribution in [1.82, 2.24) is 0 Å². The second kappa shape index (κ2) is 7.80. The van der Waals surface area contributed by atoms with Crippen molar-refractivity contribution >= 4 is 11.5 Å². The molecular weight excluding hydrogens is 413 g/mol. The number of carbonyl (C=O) groups excluding carboxylic acids is 1. The lowest BCUT2D eigenvalue weighted by atomic mass is 9.85. The standard InChI is InChI=1S/C24H18F5NO/c25-23(26,22(31)17-7-2-1-3-8-17)21-20-9-5-4-6-16(20)14-15-30(21)19-12-10-18(11-13-19)24(27,28)29/h1-13,21H,14-15H2. The maximum Gasteiger partial charge on any atom is 0.416 e.